The van der Waals surface area contributed by atoms with Crippen LogP contribution in [0.15, 0.2) is 30.3 Å². The Morgan fingerprint density at radius 2 is 1.76 bits per heavy atom. The van der Waals surface area contributed by atoms with Crippen molar-refractivity contribution in [3.8, 4) is 0 Å². The van der Waals surface area contributed by atoms with Gasteiger partial charge in [-0.25, -0.2) is 9.97 Å². The van der Waals surface area contributed by atoms with Crippen molar-refractivity contribution < 1.29 is 0 Å². The minimum absolute atomic E-state index is 0.558. The van der Waals surface area contributed by atoms with E-state index >= 15 is 0 Å². The van der Waals surface area contributed by atoms with Gasteiger partial charge in [-0.1, -0.05) is 49.6 Å². The molecule has 1 aliphatic carbocycles. The Labute approximate surface area is 206 Å². The molecule has 0 bridgehead atoms. The Kier molecular flexibility index (Phi) is 6.79. The van der Waals surface area contributed by atoms with Gasteiger partial charge < -0.3 is 15.1 Å². The summed E-state index contributed by atoms with van der Waals surface area (Å²) >= 11 is 7.56. The number of aromatic nitrogens is 2. The lowest BCUT2D eigenvalue weighted by atomic mass is 9.96. The molecule has 2 aliphatic rings. The number of thiocarbonyl (C=S) groups is 1. The summed E-state index contributed by atoms with van der Waals surface area (Å²) in [5.74, 6) is 2.00. The molecule has 174 valence electrons. The third kappa shape index (κ3) is 4.99. The minimum Gasteiger partial charge on any atom is -0.360 e. The van der Waals surface area contributed by atoms with Gasteiger partial charge in [0, 0.05) is 43.5 Å². The van der Waals surface area contributed by atoms with Gasteiger partial charge in [0.25, 0.3) is 0 Å². The predicted molar refractivity (Wildman–Crippen MR) is 143 cm³/mol. The molecule has 0 amide bonds. The van der Waals surface area contributed by atoms with E-state index in [9.17, 15) is 0 Å². The molecule has 2 fully saturated rings. The van der Waals surface area contributed by atoms with E-state index in [1.807, 2.05) is 0 Å². The predicted octanol–water partition coefficient (Wildman–Crippen LogP) is 5.23. The van der Waals surface area contributed by atoms with Crippen LogP contribution in [-0.2, 0) is 6.42 Å². The van der Waals surface area contributed by atoms with Crippen molar-refractivity contribution in [1.29, 1.82) is 0 Å². The Morgan fingerprint density at radius 3 is 2.48 bits per heavy atom. The molecular formula is C26H33N5S2. The normalized spacial score (nSPS) is 17.5. The highest BCUT2D eigenvalue weighted by atomic mass is 32.1. The second kappa shape index (κ2) is 9.94. The first-order valence-electron chi connectivity index (χ1n) is 12.2. The zero-order chi connectivity index (χ0) is 22.8. The number of nitrogens with zero attached hydrogens (tertiary/aromatic N) is 4. The lowest BCUT2D eigenvalue weighted by Gasteiger charge is -2.38. The first-order chi connectivity index (χ1) is 16.1. The molecule has 5 nitrogen and oxygen atoms in total. The van der Waals surface area contributed by atoms with Gasteiger partial charge in [0.15, 0.2) is 5.11 Å². The topological polar surface area (TPSA) is 44.3 Å². The lowest BCUT2D eigenvalue weighted by molar-refractivity contribution is 0.354. The molecule has 7 heteroatoms. The summed E-state index contributed by atoms with van der Waals surface area (Å²) in [4.78, 5) is 17.3. The molecule has 1 aromatic carbocycles. The highest BCUT2D eigenvalue weighted by molar-refractivity contribution is 7.80. The van der Waals surface area contributed by atoms with Crippen LogP contribution in [-0.4, -0.2) is 52.2 Å². The standard InChI is InChI=1S/C26H33N5S2/c1-18-19(2)33-25-23(18)24(28-22(29-25)17-20-9-5-3-6-10-20)30-13-15-31(16-14-30)26(32)27-21-11-7-4-8-12-21/h3,5-6,9-10,21H,4,7-8,11-17H2,1-2H3,(H,27,32). The maximum Gasteiger partial charge on any atom is 0.169 e. The largest absolute Gasteiger partial charge is 0.360 e. The van der Waals surface area contributed by atoms with Crippen LogP contribution in [0, 0.1) is 13.8 Å². The van der Waals surface area contributed by atoms with Gasteiger partial charge in [-0.3, -0.25) is 0 Å². The number of fused-ring (bicyclic) bond motifs is 1. The Hall–Kier alpha value is -2.25. The highest BCUT2D eigenvalue weighted by Gasteiger charge is 2.25. The Bertz CT molecular complexity index is 1110. The average molecular weight is 480 g/mol. The number of anilines is 1. The van der Waals surface area contributed by atoms with E-state index in [0.29, 0.717) is 6.04 Å². The van der Waals surface area contributed by atoms with Crippen molar-refractivity contribution in [1.82, 2.24) is 20.2 Å². The van der Waals surface area contributed by atoms with Crippen LogP contribution in [0.4, 0.5) is 5.82 Å². The second-order valence-electron chi connectivity index (χ2n) is 9.35. The van der Waals surface area contributed by atoms with Crippen LogP contribution < -0.4 is 10.2 Å². The molecule has 1 saturated heterocycles. The molecule has 1 N–H and O–H groups in total. The molecule has 1 saturated carbocycles. The maximum atomic E-state index is 5.78. The van der Waals surface area contributed by atoms with Gasteiger partial charge in [0.1, 0.15) is 16.5 Å². The van der Waals surface area contributed by atoms with Crippen LogP contribution in [0.25, 0.3) is 10.2 Å². The molecule has 5 rings (SSSR count). The number of aryl methyl sites for hydroxylation is 2. The number of piperazine rings is 1. The van der Waals surface area contributed by atoms with Gasteiger partial charge in [0.05, 0.1) is 5.39 Å². The monoisotopic (exact) mass is 479 g/mol. The summed E-state index contributed by atoms with van der Waals surface area (Å²) in [5.41, 5.74) is 2.56. The van der Waals surface area contributed by atoms with Crippen molar-refractivity contribution in [2.75, 3.05) is 31.1 Å². The van der Waals surface area contributed by atoms with Crippen LogP contribution in [0.1, 0.15) is 53.9 Å². The molecule has 0 spiro atoms. The first kappa shape index (κ1) is 22.5. The molecule has 1 aliphatic heterocycles. The van der Waals surface area contributed by atoms with E-state index in [2.05, 4.69) is 59.3 Å². The zero-order valence-electron chi connectivity index (χ0n) is 19.6. The molecule has 2 aromatic heterocycles. The van der Waals surface area contributed by atoms with Crippen LogP contribution in [0.3, 0.4) is 0 Å². The number of benzene rings is 1. The van der Waals surface area contributed by atoms with Crippen molar-refractivity contribution in [2.24, 2.45) is 0 Å². The highest BCUT2D eigenvalue weighted by Crippen LogP contribution is 2.35. The third-order valence-corrected chi connectivity index (χ3v) is 8.54. The van der Waals surface area contributed by atoms with Crippen LogP contribution in [0.5, 0.6) is 0 Å². The van der Waals surface area contributed by atoms with Gasteiger partial charge in [-0.05, 0) is 50.0 Å². The van der Waals surface area contributed by atoms with Crippen molar-refractivity contribution in [3.05, 3.63) is 52.2 Å². The summed E-state index contributed by atoms with van der Waals surface area (Å²) in [5, 5.41) is 5.80. The molecule has 0 unspecified atom stereocenters. The first-order valence-corrected chi connectivity index (χ1v) is 13.4. The fourth-order valence-corrected chi connectivity index (χ4v) is 6.38. The van der Waals surface area contributed by atoms with Crippen molar-refractivity contribution in [2.45, 2.75) is 58.4 Å². The second-order valence-corrected chi connectivity index (χ2v) is 10.9. The van der Waals surface area contributed by atoms with Crippen LogP contribution in [0.2, 0.25) is 0 Å². The SMILES string of the molecule is Cc1sc2nc(Cc3ccccc3)nc(N3CCN(C(=S)NC4CCCCC4)CC3)c2c1C. The third-order valence-electron chi connectivity index (χ3n) is 7.06. The number of thiophene rings is 1. The lowest BCUT2D eigenvalue weighted by Crippen LogP contribution is -2.53. The van der Waals surface area contributed by atoms with Gasteiger partial charge in [-0.2, -0.15) is 0 Å². The minimum atomic E-state index is 0.558. The zero-order valence-corrected chi connectivity index (χ0v) is 21.3. The van der Waals surface area contributed by atoms with Gasteiger partial charge >= 0.3 is 0 Å². The summed E-state index contributed by atoms with van der Waals surface area (Å²) < 4.78 is 0. The molecule has 0 radical (unpaired) electrons. The van der Waals surface area contributed by atoms with E-state index in [1.54, 1.807) is 11.3 Å². The Morgan fingerprint density at radius 1 is 1.03 bits per heavy atom. The number of hydrogen-bond donors (Lipinski definition) is 1. The fourth-order valence-electron chi connectivity index (χ4n) is 4.99. The summed E-state index contributed by atoms with van der Waals surface area (Å²) in [7, 11) is 0. The van der Waals surface area contributed by atoms with E-state index < -0.39 is 0 Å². The van der Waals surface area contributed by atoms with Gasteiger partial charge in [-0.15, -0.1) is 11.3 Å². The molecule has 0 atom stereocenters. The van der Waals surface area contributed by atoms with E-state index in [-0.39, 0.29) is 0 Å². The van der Waals surface area contributed by atoms with Crippen molar-refractivity contribution in [3.63, 3.8) is 0 Å². The summed E-state index contributed by atoms with van der Waals surface area (Å²) in [6, 6.07) is 11.1. The number of rotatable bonds is 4. The number of nitrogens with one attached hydrogen (secondary N) is 1. The maximum absolute atomic E-state index is 5.78. The number of hydrogen-bond acceptors (Lipinski definition) is 5. The summed E-state index contributed by atoms with van der Waals surface area (Å²) in [6.07, 6.45) is 7.27. The molecule has 3 aromatic rings. The van der Waals surface area contributed by atoms with Crippen LogP contribution >= 0.6 is 23.6 Å². The molecule has 3 heterocycles. The molecule has 33 heavy (non-hydrogen) atoms. The van der Waals surface area contributed by atoms with Gasteiger partial charge in [0.2, 0.25) is 0 Å². The smallest absolute Gasteiger partial charge is 0.169 e. The average Bonchev–Trinajstić information content (AvgIpc) is 3.13. The van der Waals surface area contributed by atoms with Crippen molar-refractivity contribution >= 4 is 44.7 Å². The summed E-state index contributed by atoms with van der Waals surface area (Å²) in [6.45, 7) is 8.11. The van der Waals surface area contributed by atoms with E-state index in [4.69, 9.17) is 22.2 Å². The van der Waals surface area contributed by atoms with E-state index in [0.717, 1.165) is 54.2 Å². The molecular weight excluding hydrogens is 446 g/mol. The fraction of sp³-hybridized carbons (Fsp3) is 0.500. The Balaban J connectivity index is 1.34. The van der Waals surface area contributed by atoms with E-state index in [1.165, 1.54) is 53.5 Å². The quantitative estimate of drug-likeness (QED) is 0.517.